The molecular weight excluding hydrogens is 584 g/mol. The van der Waals surface area contributed by atoms with Gasteiger partial charge in [0.2, 0.25) is 15.9 Å². The molecule has 1 aliphatic carbocycles. The van der Waals surface area contributed by atoms with E-state index in [1.54, 1.807) is 6.20 Å². The number of benzene rings is 3. The van der Waals surface area contributed by atoms with Gasteiger partial charge in [-0.05, 0) is 79.1 Å². The van der Waals surface area contributed by atoms with E-state index in [-0.39, 0.29) is 23.0 Å². The first kappa shape index (κ1) is 27.0. The summed E-state index contributed by atoms with van der Waals surface area (Å²) in [4.78, 5) is 27.1. The fourth-order valence-electron chi connectivity index (χ4n) is 5.07. The minimum atomic E-state index is -4.16. The Morgan fingerprint density at radius 1 is 1.10 bits per heavy atom. The Hall–Kier alpha value is -3.54. The van der Waals surface area contributed by atoms with Crippen LogP contribution in [0.2, 0.25) is 0 Å². The Morgan fingerprint density at radius 3 is 2.64 bits per heavy atom. The predicted octanol–water partition coefficient (Wildman–Crippen LogP) is 4.79. The zero-order chi connectivity index (χ0) is 27.6. The quantitative estimate of drug-likeness (QED) is 0.150. The van der Waals surface area contributed by atoms with Crippen molar-refractivity contribution in [1.82, 2.24) is 15.0 Å². The smallest absolute Gasteiger partial charge is 0.269 e. The summed E-state index contributed by atoms with van der Waals surface area (Å²) in [5.74, 6) is -0.422. The molecule has 11 heteroatoms. The van der Waals surface area contributed by atoms with Crippen LogP contribution < -0.4 is 10.0 Å². The topological polar surface area (TPSA) is 134 Å². The van der Waals surface area contributed by atoms with Crippen LogP contribution in [0.5, 0.6) is 0 Å². The Labute approximate surface area is 234 Å². The molecule has 0 fully saturated rings. The van der Waals surface area contributed by atoms with E-state index >= 15 is 0 Å². The van der Waals surface area contributed by atoms with E-state index in [2.05, 4.69) is 43.1 Å². The fourth-order valence-corrected chi connectivity index (χ4v) is 6.67. The fraction of sp³-hybridized carbons (Fsp3) is 0.250. The standard InChI is InChI=1S/C28H27BrN4O5S/c29-21-9-8-18-4-3-5-22(15-19(18)14-21)31-28(34)27(16-20-17-30-26-7-2-1-6-25(20)26)32-39(37,38)24-12-10-23(11-13-24)33(35)36/h1-2,6-14,17,22,27,30,32H,3-5,15-16H2,(H,31,34). The second kappa shape index (κ2) is 11.3. The van der Waals surface area contributed by atoms with E-state index < -0.39 is 26.9 Å². The molecule has 2 atom stereocenters. The monoisotopic (exact) mass is 610 g/mol. The van der Waals surface area contributed by atoms with Crippen molar-refractivity contribution in [1.29, 1.82) is 0 Å². The number of halogens is 1. The number of H-pyrrole nitrogens is 1. The highest BCUT2D eigenvalue weighted by molar-refractivity contribution is 9.10. The molecule has 1 amide bonds. The Morgan fingerprint density at radius 2 is 1.87 bits per heavy atom. The van der Waals surface area contributed by atoms with Gasteiger partial charge in [0.1, 0.15) is 6.04 Å². The highest BCUT2D eigenvalue weighted by Crippen LogP contribution is 2.25. The third-order valence-electron chi connectivity index (χ3n) is 7.05. The summed E-state index contributed by atoms with van der Waals surface area (Å²) in [6.45, 7) is 0. The van der Waals surface area contributed by atoms with E-state index in [1.165, 1.54) is 17.7 Å². The zero-order valence-corrected chi connectivity index (χ0v) is 23.3. The average Bonchev–Trinajstić information content (AvgIpc) is 3.21. The molecule has 0 aliphatic heterocycles. The van der Waals surface area contributed by atoms with Gasteiger partial charge in [0.25, 0.3) is 5.69 Å². The summed E-state index contributed by atoms with van der Waals surface area (Å²) < 4.78 is 30.1. The van der Waals surface area contributed by atoms with Gasteiger partial charge in [0.05, 0.1) is 9.82 Å². The predicted molar refractivity (Wildman–Crippen MR) is 152 cm³/mol. The molecule has 2 unspecified atom stereocenters. The molecule has 3 aromatic carbocycles. The summed E-state index contributed by atoms with van der Waals surface area (Å²) in [7, 11) is -4.16. The normalized spacial score (nSPS) is 16.3. The number of carbonyl (C=O) groups is 1. The number of hydrogen-bond acceptors (Lipinski definition) is 5. The number of nitro groups is 1. The number of fused-ring (bicyclic) bond motifs is 2. The van der Waals surface area contributed by atoms with Crippen molar-refractivity contribution in [2.45, 2.75) is 49.1 Å². The van der Waals surface area contributed by atoms with Crippen molar-refractivity contribution in [2.75, 3.05) is 0 Å². The molecule has 4 aromatic rings. The van der Waals surface area contributed by atoms with Crippen LogP contribution in [0.1, 0.15) is 29.5 Å². The first-order valence-corrected chi connectivity index (χ1v) is 14.9. The Bertz CT molecular complexity index is 1640. The highest BCUT2D eigenvalue weighted by Gasteiger charge is 2.29. The number of aryl methyl sites for hydroxylation is 1. The average molecular weight is 612 g/mol. The van der Waals surface area contributed by atoms with Gasteiger partial charge in [-0.15, -0.1) is 0 Å². The van der Waals surface area contributed by atoms with E-state index in [1.807, 2.05) is 30.3 Å². The van der Waals surface area contributed by atoms with Crippen molar-refractivity contribution in [3.63, 3.8) is 0 Å². The molecule has 9 nitrogen and oxygen atoms in total. The molecule has 5 rings (SSSR count). The zero-order valence-electron chi connectivity index (χ0n) is 20.9. The SMILES string of the molecule is O=C(NC1CCCc2ccc(Br)cc2C1)C(Cc1c[nH]c2ccccc12)NS(=O)(=O)c1ccc([N+](=O)[O-])cc1. The number of non-ortho nitro benzene ring substituents is 1. The third kappa shape index (κ3) is 6.21. The number of aromatic amines is 1. The number of nitrogens with zero attached hydrogens (tertiary/aromatic N) is 1. The van der Waals surface area contributed by atoms with Gasteiger partial charge < -0.3 is 10.3 Å². The van der Waals surface area contributed by atoms with Crippen LogP contribution in [0, 0.1) is 10.1 Å². The van der Waals surface area contributed by atoms with Crippen LogP contribution in [-0.2, 0) is 34.1 Å². The maximum atomic E-state index is 13.7. The van der Waals surface area contributed by atoms with Crippen LogP contribution in [0.3, 0.4) is 0 Å². The van der Waals surface area contributed by atoms with E-state index in [0.717, 1.165) is 57.9 Å². The molecule has 1 heterocycles. The summed E-state index contributed by atoms with van der Waals surface area (Å²) in [6, 6.07) is 17.1. The third-order valence-corrected chi connectivity index (χ3v) is 9.03. The number of rotatable bonds is 8. The van der Waals surface area contributed by atoms with Gasteiger partial charge in [-0.2, -0.15) is 4.72 Å². The number of hydrogen-bond donors (Lipinski definition) is 3. The molecule has 0 saturated carbocycles. The second-order valence-corrected chi connectivity index (χ2v) is 12.3. The van der Waals surface area contributed by atoms with Gasteiger partial charge in [0, 0.05) is 39.7 Å². The number of carbonyl (C=O) groups excluding carboxylic acids is 1. The lowest BCUT2D eigenvalue weighted by Gasteiger charge is -2.23. The maximum absolute atomic E-state index is 13.7. The van der Waals surface area contributed by atoms with Crippen molar-refractivity contribution in [2.24, 2.45) is 0 Å². The molecule has 0 bridgehead atoms. The molecule has 1 aliphatic rings. The van der Waals surface area contributed by atoms with Gasteiger partial charge in [-0.3, -0.25) is 14.9 Å². The largest absolute Gasteiger partial charge is 0.361 e. The van der Waals surface area contributed by atoms with E-state index in [9.17, 15) is 23.3 Å². The van der Waals surface area contributed by atoms with E-state index in [0.29, 0.717) is 6.42 Å². The molecule has 0 spiro atoms. The highest BCUT2D eigenvalue weighted by atomic mass is 79.9. The van der Waals surface area contributed by atoms with Crippen LogP contribution in [0.4, 0.5) is 5.69 Å². The lowest BCUT2D eigenvalue weighted by molar-refractivity contribution is -0.384. The molecule has 0 saturated heterocycles. The lowest BCUT2D eigenvalue weighted by Crippen LogP contribution is -2.51. The summed E-state index contributed by atoms with van der Waals surface area (Å²) in [5, 5.41) is 15.0. The molecule has 202 valence electrons. The number of amides is 1. The molecule has 1 aromatic heterocycles. The number of aromatic nitrogens is 1. The maximum Gasteiger partial charge on any atom is 0.269 e. The van der Waals surface area contributed by atoms with Gasteiger partial charge >= 0.3 is 0 Å². The van der Waals surface area contributed by atoms with Crippen LogP contribution in [-0.4, -0.2) is 36.3 Å². The molecule has 3 N–H and O–H groups in total. The summed E-state index contributed by atoms with van der Waals surface area (Å²) in [6.07, 6.45) is 5.14. The van der Waals surface area contributed by atoms with Crippen molar-refractivity contribution in [3.05, 3.63) is 104 Å². The number of nitro benzene ring substituents is 1. The van der Waals surface area contributed by atoms with E-state index in [4.69, 9.17) is 0 Å². The van der Waals surface area contributed by atoms with Crippen molar-refractivity contribution < 1.29 is 18.1 Å². The minimum Gasteiger partial charge on any atom is -0.361 e. The lowest BCUT2D eigenvalue weighted by atomic mass is 10.0. The second-order valence-electron chi connectivity index (χ2n) is 9.70. The Balaban J connectivity index is 1.41. The number of nitrogens with one attached hydrogen (secondary N) is 3. The van der Waals surface area contributed by atoms with Crippen molar-refractivity contribution in [3.8, 4) is 0 Å². The Kier molecular flexibility index (Phi) is 7.83. The van der Waals surface area contributed by atoms with Crippen LogP contribution in [0.25, 0.3) is 10.9 Å². The summed E-state index contributed by atoms with van der Waals surface area (Å²) in [5.41, 5.74) is 3.88. The number of sulfonamides is 1. The van der Waals surface area contributed by atoms with Gasteiger partial charge in [-0.1, -0.05) is 40.2 Å². The molecular formula is C28H27BrN4O5S. The van der Waals surface area contributed by atoms with Gasteiger partial charge in [-0.25, -0.2) is 8.42 Å². The first-order valence-electron chi connectivity index (χ1n) is 12.6. The van der Waals surface area contributed by atoms with Gasteiger partial charge in [0.15, 0.2) is 0 Å². The van der Waals surface area contributed by atoms with Crippen molar-refractivity contribution >= 4 is 48.5 Å². The molecule has 0 radical (unpaired) electrons. The van der Waals surface area contributed by atoms with Crippen LogP contribution >= 0.6 is 15.9 Å². The number of para-hydroxylation sites is 1. The first-order chi connectivity index (χ1) is 18.7. The molecule has 39 heavy (non-hydrogen) atoms. The van der Waals surface area contributed by atoms with Crippen LogP contribution in [0.15, 0.2) is 82.3 Å². The summed E-state index contributed by atoms with van der Waals surface area (Å²) >= 11 is 3.53. The minimum absolute atomic E-state index is 0.122.